The van der Waals surface area contributed by atoms with Gasteiger partial charge in [0.25, 0.3) is 0 Å². The average molecular weight is 632 g/mol. The van der Waals surface area contributed by atoms with E-state index in [-0.39, 0.29) is 26.9 Å². The van der Waals surface area contributed by atoms with Crippen molar-refractivity contribution in [1.29, 1.82) is 0 Å². The third-order valence-corrected chi connectivity index (χ3v) is 9.18. The molecule has 1 aliphatic rings. The molecule has 0 saturated carbocycles. The molecule has 2 aromatic carbocycles. The van der Waals surface area contributed by atoms with Crippen LogP contribution in [0.4, 0.5) is 31.9 Å². The molecule has 43 heavy (non-hydrogen) atoms. The Balaban J connectivity index is 1.41. The zero-order valence-corrected chi connectivity index (χ0v) is 24.8. The zero-order valence-electron chi connectivity index (χ0n) is 23.1. The predicted molar refractivity (Wildman–Crippen MR) is 156 cm³/mol. The summed E-state index contributed by atoms with van der Waals surface area (Å²) in [6, 6.07) is 9.28. The van der Waals surface area contributed by atoms with Crippen molar-refractivity contribution in [2.45, 2.75) is 28.3 Å². The van der Waals surface area contributed by atoms with Crippen LogP contribution >= 0.6 is 11.8 Å². The first-order valence-corrected chi connectivity index (χ1v) is 15.5. The summed E-state index contributed by atoms with van der Waals surface area (Å²) >= 11 is 0.914. The van der Waals surface area contributed by atoms with Crippen LogP contribution in [-0.2, 0) is 21.0 Å². The monoisotopic (exact) mass is 631 g/mol. The molecular formula is C27H27F2N7O5S2. The SMILES string of the molecule is COc1c(Nc2cc(C)[nH]n2)nc(Sc2ccc(S(=O)(=O)CCc3cccc(N=O)c3F)cc2F)nc1N1CCOCC1. The number of rotatable bonds is 11. The maximum absolute atomic E-state index is 15.3. The second-order valence-electron chi connectivity index (χ2n) is 9.48. The number of aryl methyl sites for hydroxylation is 2. The van der Waals surface area contributed by atoms with Gasteiger partial charge in [-0.1, -0.05) is 12.1 Å². The molecule has 0 amide bonds. The van der Waals surface area contributed by atoms with Gasteiger partial charge in [-0.2, -0.15) is 5.10 Å². The molecule has 16 heteroatoms. The molecule has 0 atom stereocenters. The minimum absolute atomic E-state index is 0.0236. The number of ether oxygens (including phenoxy) is 2. The van der Waals surface area contributed by atoms with Crippen molar-refractivity contribution < 1.29 is 26.7 Å². The van der Waals surface area contributed by atoms with E-state index in [1.807, 2.05) is 11.8 Å². The molecule has 0 bridgehead atoms. The van der Waals surface area contributed by atoms with Crippen LogP contribution in [0.5, 0.6) is 5.75 Å². The van der Waals surface area contributed by atoms with Crippen LogP contribution in [0, 0.1) is 23.5 Å². The van der Waals surface area contributed by atoms with E-state index in [4.69, 9.17) is 9.47 Å². The van der Waals surface area contributed by atoms with Gasteiger partial charge in [0, 0.05) is 24.8 Å². The van der Waals surface area contributed by atoms with E-state index in [1.165, 1.54) is 37.4 Å². The van der Waals surface area contributed by atoms with Gasteiger partial charge in [0.1, 0.15) is 11.5 Å². The smallest absolute Gasteiger partial charge is 0.204 e. The molecule has 1 aliphatic heterocycles. The average Bonchev–Trinajstić information content (AvgIpc) is 3.42. The van der Waals surface area contributed by atoms with Crippen molar-refractivity contribution in [3.8, 4) is 5.75 Å². The molecule has 1 fully saturated rings. The van der Waals surface area contributed by atoms with E-state index in [0.717, 1.165) is 23.5 Å². The largest absolute Gasteiger partial charge is 0.490 e. The fourth-order valence-corrected chi connectivity index (χ4v) is 6.42. The third-order valence-electron chi connectivity index (χ3n) is 6.55. The quantitative estimate of drug-likeness (QED) is 0.171. The number of methoxy groups -OCH3 is 1. The van der Waals surface area contributed by atoms with Crippen molar-refractivity contribution in [1.82, 2.24) is 20.2 Å². The fraction of sp³-hybridized carbons (Fsp3) is 0.296. The van der Waals surface area contributed by atoms with Gasteiger partial charge >= 0.3 is 0 Å². The van der Waals surface area contributed by atoms with Crippen molar-refractivity contribution in [3.05, 3.63) is 70.3 Å². The zero-order chi connectivity index (χ0) is 30.6. The van der Waals surface area contributed by atoms with Gasteiger partial charge in [0.15, 0.2) is 38.3 Å². The van der Waals surface area contributed by atoms with Crippen LogP contribution in [0.3, 0.4) is 0 Å². The summed E-state index contributed by atoms with van der Waals surface area (Å²) in [5, 5.41) is 12.9. The molecule has 5 rings (SSSR count). The number of halogens is 2. The topological polar surface area (TPSA) is 152 Å². The minimum atomic E-state index is -3.99. The molecule has 0 aliphatic carbocycles. The molecule has 3 heterocycles. The second-order valence-corrected chi connectivity index (χ2v) is 12.6. The number of nitroso groups, excluding NO2 is 1. The summed E-state index contributed by atoms with van der Waals surface area (Å²) in [5.74, 6) is -0.503. The number of aromatic amines is 1. The number of nitrogens with one attached hydrogen (secondary N) is 2. The molecular weight excluding hydrogens is 604 g/mol. The second kappa shape index (κ2) is 13.0. The molecule has 0 spiro atoms. The summed E-state index contributed by atoms with van der Waals surface area (Å²) in [5.41, 5.74) is 0.445. The van der Waals surface area contributed by atoms with Gasteiger partial charge in [-0.3, -0.25) is 5.10 Å². The van der Waals surface area contributed by atoms with Gasteiger partial charge in [-0.25, -0.2) is 27.2 Å². The standard InChI is InChI=1S/C27H27F2N7O5S2/c1-16-14-22(34-33-16)30-25-24(40-2)26(36-9-11-41-12-10-36)32-27(31-25)42-21-7-6-18(15-19(21)28)43(38,39)13-8-17-4-3-5-20(35-37)23(17)29/h3-7,14-15H,8-13H2,1-2H3,(H2,30,31,32,33,34). The van der Waals surface area contributed by atoms with Crippen LogP contribution < -0.4 is 15.0 Å². The lowest BCUT2D eigenvalue weighted by molar-refractivity contribution is 0.122. The lowest BCUT2D eigenvalue weighted by Gasteiger charge is -2.29. The van der Waals surface area contributed by atoms with Crippen LogP contribution in [0.2, 0.25) is 0 Å². The highest BCUT2D eigenvalue weighted by Gasteiger charge is 2.25. The van der Waals surface area contributed by atoms with E-state index in [9.17, 15) is 17.7 Å². The number of benzene rings is 2. The number of H-pyrrole nitrogens is 1. The molecule has 0 radical (unpaired) electrons. The molecule has 1 saturated heterocycles. The van der Waals surface area contributed by atoms with E-state index in [2.05, 4.69) is 30.7 Å². The summed E-state index contributed by atoms with van der Waals surface area (Å²) in [4.78, 5) is 21.8. The first kappa shape index (κ1) is 30.3. The molecule has 0 unspecified atom stereocenters. The Hall–Kier alpha value is -4.15. The lowest BCUT2D eigenvalue weighted by Crippen LogP contribution is -2.37. The van der Waals surface area contributed by atoms with E-state index in [1.54, 1.807) is 6.07 Å². The summed E-state index contributed by atoms with van der Waals surface area (Å²) in [6.45, 7) is 3.95. The number of hydrogen-bond donors (Lipinski definition) is 2. The molecule has 2 aromatic heterocycles. The number of nitrogens with zero attached hydrogens (tertiary/aromatic N) is 5. The van der Waals surface area contributed by atoms with E-state index in [0.29, 0.717) is 49.5 Å². The van der Waals surface area contributed by atoms with Crippen molar-refractivity contribution in [2.24, 2.45) is 5.18 Å². The maximum atomic E-state index is 15.3. The van der Waals surface area contributed by atoms with Gasteiger partial charge in [0.05, 0.1) is 35.9 Å². The Morgan fingerprint density at radius 2 is 1.95 bits per heavy atom. The predicted octanol–water partition coefficient (Wildman–Crippen LogP) is 4.94. The first-order chi connectivity index (χ1) is 20.7. The van der Waals surface area contributed by atoms with E-state index < -0.39 is 32.9 Å². The van der Waals surface area contributed by atoms with Crippen molar-refractivity contribution in [2.75, 3.05) is 49.4 Å². The van der Waals surface area contributed by atoms with Gasteiger partial charge in [-0.05, 0) is 60.1 Å². The first-order valence-electron chi connectivity index (χ1n) is 13.1. The van der Waals surface area contributed by atoms with Gasteiger partial charge in [-0.15, -0.1) is 4.91 Å². The Labute approximate surface area is 250 Å². The third kappa shape index (κ3) is 6.92. The highest BCUT2D eigenvalue weighted by molar-refractivity contribution is 7.99. The van der Waals surface area contributed by atoms with Crippen LogP contribution in [0.25, 0.3) is 0 Å². The fourth-order valence-electron chi connectivity index (χ4n) is 4.38. The van der Waals surface area contributed by atoms with Crippen LogP contribution in [-0.4, -0.2) is 67.7 Å². The highest BCUT2D eigenvalue weighted by atomic mass is 32.2. The lowest BCUT2D eigenvalue weighted by atomic mass is 10.1. The molecule has 4 aromatic rings. The number of aromatic nitrogens is 4. The highest BCUT2D eigenvalue weighted by Crippen LogP contribution is 2.39. The van der Waals surface area contributed by atoms with Crippen LogP contribution in [0.1, 0.15) is 11.3 Å². The Morgan fingerprint density at radius 1 is 1.16 bits per heavy atom. The maximum Gasteiger partial charge on any atom is 0.204 e. The molecule has 2 N–H and O–H groups in total. The minimum Gasteiger partial charge on any atom is -0.490 e. The number of morpholine rings is 1. The van der Waals surface area contributed by atoms with Crippen LogP contribution in [0.15, 0.2) is 62.6 Å². The van der Waals surface area contributed by atoms with Crippen molar-refractivity contribution >= 4 is 44.7 Å². The van der Waals surface area contributed by atoms with E-state index >= 15 is 4.39 Å². The Morgan fingerprint density at radius 3 is 2.63 bits per heavy atom. The number of anilines is 3. The summed E-state index contributed by atoms with van der Waals surface area (Å²) < 4.78 is 66.7. The molecule has 226 valence electrons. The summed E-state index contributed by atoms with van der Waals surface area (Å²) in [7, 11) is -2.49. The number of sulfone groups is 1. The number of hydrogen-bond acceptors (Lipinski definition) is 12. The van der Waals surface area contributed by atoms with Gasteiger partial charge in [0.2, 0.25) is 5.75 Å². The Kier molecular flexibility index (Phi) is 9.17. The summed E-state index contributed by atoms with van der Waals surface area (Å²) in [6.07, 6.45) is -0.217. The van der Waals surface area contributed by atoms with Crippen molar-refractivity contribution in [3.63, 3.8) is 0 Å². The van der Waals surface area contributed by atoms with Gasteiger partial charge < -0.3 is 19.7 Å². The normalized spacial score (nSPS) is 13.6. The Bertz CT molecular complexity index is 1750. The molecule has 12 nitrogen and oxygen atoms in total.